The second-order valence-electron chi connectivity index (χ2n) is 9.57. The molecule has 0 radical (unpaired) electrons. The van der Waals surface area contributed by atoms with Gasteiger partial charge < -0.3 is 15.5 Å². The van der Waals surface area contributed by atoms with Crippen molar-refractivity contribution < 1.29 is 9.59 Å². The molecule has 2 heterocycles. The summed E-state index contributed by atoms with van der Waals surface area (Å²) in [6, 6.07) is 8.52. The van der Waals surface area contributed by atoms with Crippen molar-refractivity contribution in [2.75, 3.05) is 32.7 Å². The van der Waals surface area contributed by atoms with Gasteiger partial charge in [0.25, 0.3) is 0 Å². The fraction of sp³-hybridized carbons (Fsp3) is 0.667. The minimum Gasteiger partial charge on any atom is -0.369 e. The molecule has 0 spiro atoms. The number of amides is 2. The molecular weight excluding hydrogens is 362 g/mol. The van der Waals surface area contributed by atoms with Crippen molar-refractivity contribution in [2.24, 2.45) is 17.1 Å². The van der Waals surface area contributed by atoms with E-state index in [1.54, 1.807) is 6.92 Å². The van der Waals surface area contributed by atoms with Crippen molar-refractivity contribution in [3.05, 3.63) is 35.4 Å². The summed E-state index contributed by atoms with van der Waals surface area (Å²) < 4.78 is 0. The highest BCUT2D eigenvalue weighted by atomic mass is 16.2. The van der Waals surface area contributed by atoms with E-state index >= 15 is 0 Å². The normalized spacial score (nSPS) is 25.0. The summed E-state index contributed by atoms with van der Waals surface area (Å²) in [4.78, 5) is 29.0. The average Bonchev–Trinajstić information content (AvgIpc) is 3.54. The topological polar surface area (TPSA) is 66.6 Å². The van der Waals surface area contributed by atoms with E-state index in [1.165, 1.54) is 30.5 Å². The predicted octanol–water partition coefficient (Wildman–Crippen LogP) is 2.93. The maximum absolute atomic E-state index is 12.6. The number of piperidine rings is 2. The fourth-order valence-corrected chi connectivity index (χ4v) is 5.31. The molecule has 2 amide bonds. The van der Waals surface area contributed by atoms with E-state index in [-0.39, 0.29) is 11.8 Å². The predicted molar refractivity (Wildman–Crippen MR) is 114 cm³/mol. The molecule has 29 heavy (non-hydrogen) atoms. The number of carbonyl (C=O) groups is 2. The van der Waals surface area contributed by atoms with Gasteiger partial charge in [-0.05, 0) is 75.1 Å². The first-order chi connectivity index (χ1) is 14.0. The summed E-state index contributed by atoms with van der Waals surface area (Å²) in [5.41, 5.74) is 8.10. The van der Waals surface area contributed by atoms with Crippen LogP contribution < -0.4 is 5.73 Å². The molecule has 1 unspecified atom stereocenters. The Bertz CT molecular complexity index is 750. The number of primary amides is 1. The van der Waals surface area contributed by atoms with Gasteiger partial charge in [0.05, 0.1) is 5.41 Å². The maximum Gasteiger partial charge on any atom is 0.224 e. The van der Waals surface area contributed by atoms with Crippen molar-refractivity contribution in [1.82, 2.24) is 9.80 Å². The Kier molecular flexibility index (Phi) is 5.95. The van der Waals surface area contributed by atoms with Gasteiger partial charge in [-0.15, -0.1) is 0 Å². The second-order valence-corrected chi connectivity index (χ2v) is 9.57. The maximum atomic E-state index is 12.6. The monoisotopic (exact) mass is 397 g/mol. The van der Waals surface area contributed by atoms with Crippen molar-refractivity contribution in [3.63, 3.8) is 0 Å². The van der Waals surface area contributed by atoms with Crippen molar-refractivity contribution >= 4 is 11.8 Å². The van der Waals surface area contributed by atoms with Crippen LogP contribution >= 0.6 is 0 Å². The number of benzene rings is 1. The van der Waals surface area contributed by atoms with Crippen LogP contribution in [0.2, 0.25) is 0 Å². The zero-order valence-corrected chi connectivity index (χ0v) is 17.7. The van der Waals surface area contributed by atoms with Crippen LogP contribution in [0.15, 0.2) is 24.3 Å². The lowest BCUT2D eigenvalue weighted by molar-refractivity contribution is -0.130. The minimum atomic E-state index is -0.439. The fourth-order valence-electron chi connectivity index (χ4n) is 5.31. The number of rotatable bonds is 6. The standard InChI is InChI=1S/C24H35N3O2/c1-18(28)27-12-4-6-21(17-27)22-7-3-2-5-20(22)15-24(23(25)29)10-13-26(14-11-24)16-19-8-9-19/h2-3,5,7,19,21H,4,6,8-17H2,1H3,(H2,25,29). The molecule has 2 saturated heterocycles. The van der Waals surface area contributed by atoms with E-state index in [4.69, 9.17) is 5.73 Å². The van der Waals surface area contributed by atoms with Gasteiger partial charge in [0.2, 0.25) is 11.8 Å². The van der Waals surface area contributed by atoms with Crippen LogP contribution in [0.5, 0.6) is 0 Å². The number of hydrogen-bond donors (Lipinski definition) is 1. The van der Waals surface area contributed by atoms with Gasteiger partial charge in [0, 0.05) is 32.5 Å². The SMILES string of the molecule is CC(=O)N1CCCC(c2ccccc2CC2(C(N)=O)CCN(CC3CC3)CC2)C1. The Morgan fingerprint density at radius 1 is 1.10 bits per heavy atom. The van der Waals surface area contributed by atoms with E-state index in [2.05, 4.69) is 29.2 Å². The second kappa shape index (κ2) is 8.47. The summed E-state index contributed by atoms with van der Waals surface area (Å²) in [6.07, 6.45) is 7.30. The van der Waals surface area contributed by atoms with Gasteiger partial charge in [-0.1, -0.05) is 24.3 Å². The van der Waals surface area contributed by atoms with Gasteiger partial charge in [0.15, 0.2) is 0 Å². The third-order valence-corrected chi connectivity index (χ3v) is 7.44. The molecule has 5 nitrogen and oxygen atoms in total. The lowest BCUT2D eigenvalue weighted by atomic mass is 9.71. The molecule has 1 aromatic carbocycles. The molecule has 1 aliphatic carbocycles. The zero-order valence-electron chi connectivity index (χ0n) is 17.7. The largest absolute Gasteiger partial charge is 0.369 e. The number of nitrogens with two attached hydrogens (primary N) is 1. The van der Waals surface area contributed by atoms with Gasteiger partial charge in [-0.2, -0.15) is 0 Å². The van der Waals surface area contributed by atoms with Crippen molar-refractivity contribution in [2.45, 2.75) is 57.8 Å². The molecule has 2 N–H and O–H groups in total. The van der Waals surface area contributed by atoms with E-state index < -0.39 is 5.41 Å². The molecule has 0 bridgehead atoms. The Morgan fingerprint density at radius 3 is 2.48 bits per heavy atom. The Balaban J connectivity index is 1.50. The lowest BCUT2D eigenvalue weighted by Crippen LogP contribution is -2.49. The molecule has 4 rings (SSSR count). The highest BCUT2D eigenvalue weighted by molar-refractivity contribution is 5.81. The molecular formula is C24H35N3O2. The molecule has 0 aromatic heterocycles. The average molecular weight is 398 g/mol. The van der Waals surface area contributed by atoms with Crippen molar-refractivity contribution in [3.8, 4) is 0 Å². The highest BCUT2D eigenvalue weighted by Gasteiger charge is 2.41. The first-order valence-corrected chi connectivity index (χ1v) is 11.3. The summed E-state index contributed by atoms with van der Waals surface area (Å²) >= 11 is 0. The van der Waals surface area contributed by atoms with Crippen LogP contribution in [0.25, 0.3) is 0 Å². The summed E-state index contributed by atoms with van der Waals surface area (Å²) in [6.45, 7) is 6.44. The zero-order chi connectivity index (χ0) is 20.4. The molecule has 2 aliphatic heterocycles. The molecule has 3 fully saturated rings. The third-order valence-electron chi connectivity index (χ3n) is 7.44. The van der Waals surface area contributed by atoms with Crippen LogP contribution in [0.4, 0.5) is 0 Å². The lowest BCUT2D eigenvalue weighted by Gasteiger charge is -2.41. The molecule has 1 atom stereocenters. The number of hydrogen-bond acceptors (Lipinski definition) is 3. The quantitative estimate of drug-likeness (QED) is 0.803. The molecule has 5 heteroatoms. The summed E-state index contributed by atoms with van der Waals surface area (Å²) in [7, 11) is 0. The van der Waals surface area contributed by atoms with E-state index in [1.807, 2.05) is 4.90 Å². The third kappa shape index (κ3) is 4.66. The first kappa shape index (κ1) is 20.4. The molecule has 1 saturated carbocycles. The van der Waals surface area contributed by atoms with Crippen LogP contribution in [0.3, 0.4) is 0 Å². The molecule has 158 valence electrons. The smallest absolute Gasteiger partial charge is 0.224 e. The Hall–Kier alpha value is -1.88. The van der Waals surface area contributed by atoms with Crippen LogP contribution in [-0.2, 0) is 16.0 Å². The summed E-state index contributed by atoms with van der Waals surface area (Å²) in [5.74, 6) is 1.24. The minimum absolute atomic E-state index is 0.146. The number of likely N-dealkylation sites (tertiary alicyclic amines) is 2. The molecule has 1 aromatic rings. The van der Waals surface area contributed by atoms with Gasteiger partial charge >= 0.3 is 0 Å². The number of carbonyl (C=O) groups excluding carboxylic acids is 2. The van der Waals surface area contributed by atoms with Crippen molar-refractivity contribution in [1.29, 1.82) is 0 Å². The van der Waals surface area contributed by atoms with Gasteiger partial charge in [-0.3, -0.25) is 9.59 Å². The molecule has 3 aliphatic rings. The van der Waals surface area contributed by atoms with Crippen LogP contribution in [-0.4, -0.2) is 54.3 Å². The first-order valence-electron chi connectivity index (χ1n) is 11.3. The van der Waals surface area contributed by atoms with E-state index in [9.17, 15) is 9.59 Å². The Morgan fingerprint density at radius 2 is 1.83 bits per heavy atom. The van der Waals surface area contributed by atoms with Gasteiger partial charge in [0.1, 0.15) is 0 Å². The number of nitrogens with zero attached hydrogens (tertiary/aromatic N) is 2. The van der Waals surface area contributed by atoms with Crippen LogP contribution in [0, 0.1) is 11.3 Å². The van der Waals surface area contributed by atoms with E-state index in [0.717, 1.165) is 64.2 Å². The van der Waals surface area contributed by atoms with Gasteiger partial charge in [-0.25, -0.2) is 0 Å². The summed E-state index contributed by atoms with van der Waals surface area (Å²) in [5, 5.41) is 0. The Labute approximate surface area is 174 Å². The van der Waals surface area contributed by atoms with E-state index in [0.29, 0.717) is 5.92 Å². The highest BCUT2D eigenvalue weighted by Crippen LogP contribution is 2.39. The van der Waals surface area contributed by atoms with Crippen LogP contribution in [0.1, 0.15) is 62.5 Å².